The Hall–Kier alpha value is -3.36. The van der Waals surface area contributed by atoms with E-state index in [-0.39, 0.29) is 18.3 Å². The van der Waals surface area contributed by atoms with E-state index in [1.165, 1.54) is 0 Å². The molecule has 0 radical (unpaired) electrons. The Balaban J connectivity index is 1.83. The number of piperazine rings is 1. The van der Waals surface area contributed by atoms with Gasteiger partial charge in [-0.3, -0.25) is 14.4 Å². The number of carbonyl (C=O) groups is 3. The summed E-state index contributed by atoms with van der Waals surface area (Å²) in [7, 11) is 0. The summed E-state index contributed by atoms with van der Waals surface area (Å²) < 4.78 is 44.2. The van der Waals surface area contributed by atoms with Crippen molar-refractivity contribution in [2.75, 3.05) is 0 Å². The quantitative estimate of drug-likeness (QED) is 0.589. The number of carbonyl (C=O) groups excluding carboxylic acids is 3. The van der Waals surface area contributed by atoms with Crippen molar-refractivity contribution in [1.29, 1.82) is 0 Å². The Morgan fingerprint density at radius 2 is 1.61 bits per heavy atom. The number of hydrogen-bond acceptors (Lipinski definition) is 3. The lowest BCUT2D eigenvalue weighted by Crippen LogP contribution is -2.67. The molecular formula is C29H34F3N3O3. The molecule has 0 saturated carbocycles. The average Bonchev–Trinajstić information content (AvgIpc) is 3.22. The Labute approximate surface area is 221 Å². The highest BCUT2D eigenvalue weighted by atomic mass is 19.1. The molecule has 9 heteroatoms. The fourth-order valence-corrected chi connectivity index (χ4v) is 5.52. The van der Waals surface area contributed by atoms with Crippen LogP contribution in [0.5, 0.6) is 0 Å². The van der Waals surface area contributed by atoms with Gasteiger partial charge in [-0.15, -0.1) is 0 Å². The van der Waals surface area contributed by atoms with E-state index in [9.17, 15) is 18.8 Å². The third-order valence-corrected chi connectivity index (χ3v) is 7.05. The topological polar surface area (TPSA) is 78.5 Å². The second kappa shape index (κ2) is 10.4. The number of halogens is 3. The van der Waals surface area contributed by atoms with Gasteiger partial charge in [0, 0.05) is 17.7 Å². The largest absolute Gasteiger partial charge is 0.349 e. The third-order valence-electron chi connectivity index (χ3n) is 7.05. The molecule has 1 fully saturated rings. The van der Waals surface area contributed by atoms with Gasteiger partial charge in [-0.2, -0.15) is 0 Å². The molecule has 0 aromatic heterocycles. The molecule has 4 rings (SSSR count). The molecule has 1 saturated heterocycles. The number of fused-ring (bicyclic) bond motifs is 1. The number of nitrogens with one attached hydrogen (secondary N) is 2. The van der Waals surface area contributed by atoms with E-state index < -0.39 is 64.4 Å². The molecule has 3 atom stereocenters. The third kappa shape index (κ3) is 5.56. The molecule has 1 aliphatic heterocycles. The lowest BCUT2D eigenvalue weighted by molar-refractivity contribution is -0.158. The molecule has 0 spiro atoms. The molecular weight excluding hydrogens is 495 g/mol. The van der Waals surface area contributed by atoms with E-state index in [0.717, 1.165) is 16.0 Å². The van der Waals surface area contributed by atoms with Crippen LogP contribution in [-0.2, 0) is 27.2 Å². The monoisotopic (exact) mass is 529 g/mol. The molecule has 38 heavy (non-hydrogen) atoms. The first-order chi connectivity index (χ1) is 17.8. The number of benzene rings is 2. The summed E-state index contributed by atoms with van der Waals surface area (Å²) in [6, 6.07) is 4.74. The normalized spacial score (nSPS) is 20.9. The van der Waals surface area contributed by atoms with Crippen LogP contribution in [0.4, 0.5) is 13.2 Å². The molecule has 1 heterocycles. The van der Waals surface area contributed by atoms with Crippen LogP contribution in [0, 0.1) is 29.3 Å². The van der Waals surface area contributed by atoms with Gasteiger partial charge in [0.1, 0.15) is 35.6 Å². The van der Waals surface area contributed by atoms with E-state index >= 15 is 8.78 Å². The van der Waals surface area contributed by atoms with E-state index in [0.29, 0.717) is 25.0 Å². The van der Waals surface area contributed by atoms with E-state index in [2.05, 4.69) is 10.6 Å². The highest BCUT2D eigenvalue weighted by molar-refractivity contribution is 6.00. The predicted molar refractivity (Wildman–Crippen MR) is 136 cm³/mol. The van der Waals surface area contributed by atoms with Crippen molar-refractivity contribution in [2.24, 2.45) is 11.8 Å². The molecule has 2 aliphatic rings. The second-order valence-corrected chi connectivity index (χ2v) is 11.7. The van der Waals surface area contributed by atoms with Crippen LogP contribution in [0.25, 0.3) is 0 Å². The van der Waals surface area contributed by atoms with Crippen LogP contribution in [0.1, 0.15) is 63.8 Å². The zero-order valence-corrected chi connectivity index (χ0v) is 22.3. The summed E-state index contributed by atoms with van der Waals surface area (Å²) in [5, 5.41) is 5.55. The summed E-state index contributed by atoms with van der Waals surface area (Å²) >= 11 is 0. The van der Waals surface area contributed by atoms with E-state index in [4.69, 9.17) is 0 Å². The minimum atomic E-state index is -1.82. The van der Waals surface area contributed by atoms with Gasteiger partial charge >= 0.3 is 0 Å². The van der Waals surface area contributed by atoms with Crippen molar-refractivity contribution in [2.45, 2.75) is 77.5 Å². The number of nitrogens with zero attached hydrogens (tertiary/aromatic N) is 1. The van der Waals surface area contributed by atoms with E-state index in [1.54, 1.807) is 20.8 Å². The van der Waals surface area contributed by atoms with Crippen molar-refractivity contribution < 1.29 is 27.6 Å². The number of amides is 3. The summed E-state index contributed by atoms with van der Waals surface area (Å²) in [5.41, 5.74) is 0.545. The summed E-state index contributed by atoms with van der Waals surface area (Å²) in [6.45, 7) is 8.76. The molecule has 0 unspecified atom stereocenters. The van der Waals surface area contributed by atoms with Gasteiger partial charge < -0.3 is 15.5 Å². The van der Waals surface area contributed by atoms with Gasteiger partial charge in [-0.05, 0) is 63.0 Å². The molecule has 2 aromatic carbocycles. The number of rotatable bonds is 6. The first kappa shape index (κ1) is 27.7. The maximum atomic E-state index is 15.2. The van der Waals surface area contributed by atoms with Crippen molar-refractivity contribution in [1.82, 2.24) is 15.5 Å². The van der Waals surface area contributed by atoms with Crippen molar-refractivity contribution in [3.05, 3.63) is 70.5 Å². The van der Waals surface area contributed by atoms with Crippen LogP contribution in [0.3, 0.4) is 0 Å². The van der Waals surface area contributed by atoms with Crippen LogP contribution in [0.2, 0.25) is 0 Å². The fourth-order valence-electron chi connectivity index (χ4n) is 5.52. The summed E-state index contributed by atoms with van der Waals surface area (Å²) in [5.74, 6) is -6.06. The van der Waals surface area contributed by atoms with Gasteiger partial charge in [0.15, 0.2) is 0 Å². The molecule has 6 nitrogen and oxygen atoms in total. The van der Waals surface area contributed by atoms with E-state index in [1.807, 2.05) is 38.1 Å². The second-order valence-electron chi connectivity index (χ2n) is 11.7. The van der Waals surface area contributed by atoms with Crippen molar-refractivity contribution in [3.8, 4) is 0 Å². The first-order valence-electron chi connectivity index (χ1n) is 12.9. The van der Waals surface area contributed by atoms with Gasteiger partial charge in [0.05, 0.1) is 5.56 Å². The number of hydrogen-bond donors (Lipinski definition) is 2. The summed E-state index contributed by atoms with van der Waals surface area (Å²) in [4.78, 5) is 42.4. The Morgan fingerprint density at radius 1 is 1.05 bits per heavy atom. The minimum Gasteiger partial charge on any atom is -0.349 e. The van der Waals surface area contributed by atoms with Crippen LogP contribution >= 0.6 is 0 Å². The zero-order chi connectivity index (χ0) is 27.9. The molecule has 3 amide bonds. The smallest absolute Gasteiger partial charge is 0.248 e. The van der Waals surface area contributed by atoms with Crippen LogP contribution in [-0.4, -0.2) is 40.2 Å². The SMILES string of the molecule is CC(C)C[C@@H]1C(=O)N[C@H](C2Cc3ccccc3C2)C(=O)N1[C@H](C(=O)NC(C)(C)C)c1c(F)cc(F)cc1F. The highest BCUT2D eigenvalue weighted by Crippen LogP contribution is 2.37. The van der Waals surface area contributed by atoms with Crippen molar-refractivity contribution >= 4 is 17.7 Å². The van der Waals surface area contributed by atoms with Crippen LogP contribution < -0.4 is 10.6 Å². The van der Waals surface area contributed by atoms with Gasteiger partial charge in [0.25, 0.3) is 0 Å². The van der Waals surface area contributed by atoms with Gasteiger partial charge in [0.2, 0.25) is 17.7 Å². The van der Waals surface area contributed by atoms with Crippen LogP contribution in [0.15, 0.2) is 36.4 Å². The standard InChI is InChI=1S/C29H34F3N3O3/c1-15(2)10-22-26(36)33-24(18-11-16-8-6-7-9-17(16)12-18)28(38)35(22)25(27(37)34-29(3,4)5)23-20(31)13-19(30)14-21(23)32/h6-9,13-15,18,22,24-25H,10-12H2,1-5H3,(H,33,36)(H,34,37)/t22-,24-,25+/m1/s1. The maximum absolute atomic E-state index is 15.2. The summed E-state index contributed by atoms with van der Waals surface area (Å²) in [6.07, 6.45) is 1.24. The lowest BCUT2D eigenvalue weighted by Gasteiger charge is -2.45. The molecule has 0 bridgehead atoms. The van der Waals surface area contributed by atoms with Gasteiger partial charge in [-0.1, -0.05) is 38.1 Å². The minimum absolute atomic E-state index is 0.0809. The fraction of sp³-hybridized carbons (Fsp3) is 0.483. The predicted octanol–water partition coefficient (Wildman–Crippen LogP) is 4.22. The highest BCUT2D eigenvalue weighted by Gasteiger charge is 2.50. The molecule has 204 valence electrons. The van der Waals surface area contributed by atoms with Crippen molar-refractivity contribution in [3.63, 3.8) is 0 Å². The molecule has 2 N–H and O–H groups in total. The molecule has 1 aliphatic carbocycles. The maximum Gasteiger partial charge on any atom is 0.248 e. The zero-order valence-electron chi connectivity index (χ0n) is 22.3. The van der Waals surface area contributed by atoms with Gasteiger partial charge in [-0.25, -0.2) is 13.2 Å². The first-order valence-corrected chi connectivity index (χ1v) is 12.9. The Bertz CT molecular complexity index is 1210. The molecule has 2 aromatic rings. The average molecular weight is 530 g/mol. The lowest BCUT2D eigenvalue weighted by atomic mass is 9.87. The Morgan fingerprint density at radius 3 is 2.11 bits per heavy atom. The Kier molecular flexibility index (Phi) is 7.59.